The van der Waals surface area contributed by atoms with Gasteiger partial charge in [-0.05, 0) is 19.1 Å². The molecule has 18 heavy (non-hydrogen) atoms. The summed E-state index contributed by atoms with van der Waals surface area (Å²) in [5.41, 5.74) is 0.890. The number of nitrogens with zero attached hydrogens (tertiary/aromatic N) is 3. The van der Waals surface area contributed by atoms with Gasteiger partial charge in [0, 0.05) is 13.0 Å². The van der Waals surface area contributed by atoms with Gasteiger partial charge in [0.15, 0.2) is 17.3 Å². The molecule has 0 saturated carbocycles. The third-order valence-electron chi connectivity index (χ3n) is 2.87. The predicted molar refractivity (Wildman–Crippen MR) is 66.7 cm³/mol. The van der Waals surface area contributed by atoms with Crippen LogP contribution in [0, 0.1) is 0 Å². The van der Waals surface area contributed by atoms with Gasteiger partial charge in [-0.2, -0.15) is 5.10 Å². The Labute approximate surface area is 105 Å². The summed E-state index contributed by atoms with van der Waals surface area (Å²) in [6.45, 7) is 4.19. The topological polar surface area (TPSA) is 49.2 Å². The molecule has 0 saturated heterocycles. The summed E-state index contributed by atoms with van der Waals surface area (Å²) < 4.78 is 13.2. The van der Waals surface area contributed by atoms with Gasteiger partial charge in [-0.15, -0.1) is 0 Å². The predicted octanol–water partition coefficient (Wildman–Crippen LogP) is 2.13. The highest BCUT2D eigenvalue weighted by Gasteiger charge is 2.17. The minimum atomic E-state index is 0.665. The Morgan fingerprint density at radius 3 is 3.00 bits per heavy atom. The molecule has 0 fully saturated rings. The SMILES string of the molecule is CCn1cnc(-c2cccc3c2OCCCO3)n1. The number of ether oxygens (including phenoxy) is 2. The first-order valence-electron chi connectivity index (χ1n) is 6.17. The number of hydrogen-bond acceptors (Lipinski definition) is 4. The van der Waals surface area contributed by atoms with Crippen LogP contribution in [0.15, 0.2) is 24.5 Å². The van der Waals surface area contributed by atoms with E-state index in [2.05, 4.69) is 10.1 Å². The van der Waals surface area contributed by atoms with E-state index in [9.17, 15) is 0 Å². The van der Waals surface area contributed by atoms with Gasteiger partial charge in [-0.3, -0.25) is 4.68 Å². The van der Waals surface area contributed by atoms with Crippen molar-refractivity contribution >= 4 is 0 Å². The molecule has 5 nitrogen and oxygen atoms in total. The zero-order chi connectivity index (χ0) is 12.4. The Morgan fingerprint density at radius 1 is 1.28 bits per heavy atom. The summed E-state index contributed by atoms with van der Waals surface area (Å²) in [4.78, 5) is 4.31. The van der Waals surface area contributed by atoms with Crippen LogP contribution in [-0.4, -0.2) is 28.0 Å². The summed E-state index contributed by atoms with van der Waals surface area (Å²) in [5.74, 6) is 2.21. The third-order valence-corrected chi connectivity index (χ3v) is 2.87. The van der Waals surface area contributed by atoms with E-state index in [-0.39, 0.29) is 0 Å². The second kappa shape index (κ2) is 4.68. The second-order valence-electron chi connectivity index (χ2n) is 4.11. The van der Waals surface area contributed by atoms with Crippen LogP contribution >= 0.6 is 0 Å². The molecule has 1 aliphatic rings. The van der Waals surface area contributed by atoms with Crippen molar-refractivity contribution in [1.29, 1.82) is 0 Å². The molecule has 2 aromatic rings. The van der Waals surface area contributed by atoms with Crippen molar-refractivity contribution in [2.45, 2.75) is 19.9 Å². The van der Waals surface area contributed by atoms with E-state index in [1.807, 2.05) is 25.1 Å². The lowest BCUT2D eigenvalue weighted by molar-refractivity contribution is 0.297. The molecule has 1 aliphatic heterocycles. The Hall–Kier alpha value is -2.04. The zero-order valence-electron chi connectivity index (χ0n) is 10.3. The van der Waals surface area contributed by atoms with E-state index in [0.717, 1.165) is 30.0 Å². The van der Waals surface area contributed by atoms with Crippen LogP contribution in [0.1, 0.15) is 13.3 Å². The highest BCUT2D eigenvalue weighted by Crippen LogP contribution is 2.37. The van der Waals surface area contributed by atoms with Gasteiger partial charge in [-0.1, -0.05) is 6.07 Å². The maximum atomic E-state index is 5.76. The van der Waals surface area contributed by atoms with Crippen LogP contribution < -0.4 is 9.47 Å². The van der Waals surface area contributed by atoms with Gasteiger partial charge in [-0.25, -0.2) is 4.98 Å². The fraction of sp³-hybridized carbons (Fsp3) is 0.385. The van der Waals surface area contributed by atoms with Crippen LogP contribution in [0.4, 0.5) is 0 Å². The number of benzene rings is 1. The lowest BCUT2D eigenvalue weighted by Crippen LogP contribution is -1.98. The number of hydrogen-bond donors (Lipinski definition) is 0. The second-order valence-corrected chi connectivity index (χ2v) is 4.11. The van der Waals surface area contributed by atoms with E-state index in [1.165, 1.54) is 0 Å². The van der Waals surface area contributed by atoms with Crippen molar-refractivity contribution in [3.63, 3.8) is 0 Å². The fourth-order valence-corrected chi connectivity index (χ4v) is 1.94. The maximum Gasteiger partial charge on any atom is 0.184 e. The van der Waals surface area contributed by atoms with Crippen molar-refractivity contribution in [1.82, 2.24) is 14.8 Å². The molecule has 0 aliphatic carbocycles. The molecule has 94 valence electrons. The molecule has 0 radical (unpaired) electrons. The Balaban J connectivity index is 2.06. The quantitative estimate of drug-likeness (QED) is 0.813. The van der Waals surface area contributed by atoms with Crippen molar-refractivity contribution in [2.75, 3.05) is 13.2 Å². The fourth-order valence-electron chi connectivity index (χ4n) is 1.94. The molecular weight excluding hydrogens is 230 g/mol. The summed E-state index contributed by atoms with van der Waals surface area (Å²) in [6, 6.07) is 5.82. The van der Waals surface area contributed by atoms with Crippen LogP contribution in [0.3, 0.4) is 0 Å². The first-order valence-corrected chi connectivity index (χ1v) is 6.17. The number of fused-ring (bicyclic) bond motifs is 1. The summed E-state index contributed by atoms with van der Waals surface area (Å²) in [7, 11) is 0. The Bertz CT molecular complexity index is 551. The van der Waals surface area contributed by atoms with E-state index in [1.54, 1.807) is 11.0 Å². The van der Waals surface area contributed by atoms with Crippen LogP contribution in [0.5, 0.6) is 11.5 Å². The minimum absolute atomic E-state index is 0.665. The Morgan fingerprint density at radius 2 is 2.17 bits per heavy atom. The van der Waals surface area contributed by atoms with Crippen molar-refractivity contribution in [2.24, 2.45) is 0 Å². The van der Waals surface area contributed by atoms with Gasteiger partial charge < -0.3 is 9.47 Å². The first-order chi connectivity index (χ1) is 8.88. The van der Waals surface area contributed by atoms with Crippen LogP contribution in [0.2, 0.25) is 0 Å². The molecule has 0 spiro atoms. The van der Waals surface area contributed by atoms with Gasteiger partial charge in [0.2, 0.25) is 0 Å². The minimum Gasteiger partial charge on any atom is -0.490 e. The van der Waals surface area contributed by atoms with Gasteiger partial charge in [0.05, 0.1) is 18.8 Å². The smallest absolute Gasteiger partial charge is 0.184 e. The number of aryl methyl sites for hydroxylation is 1. The van der Waals surface area contributed by atoms with Gasteiger partial charge >= 0.3 is 0 Å². The van der Waals surface area contributed by atoms with E-state index in [4.69, 9.17) is 9.47 Å². The average Bonchev–Trinajstić information content (AvgIpc) is 2.75. The molecule has 3 rings (SSSR count). The zero-order valence-corrected chi connectivity index (χ0v) is 10.3. The molecule has 0 N–H and O–H groups in total. The van der Waals surface area contributed by atoms with E-state index >= 15 is 0 Å². The molecule has 0 amide bonds. The summed E-state index contributed by atoms with van der Waals surface area (Å²) in [6.07, 6.45) is 2.62. The largest absolute Gasteiger partial charge is 0.490 e. The highest BCUT2D eigenvalue weighted by atomic mass is 16.5. The number of aromatic nitrogens is 3. The number of para-hydroxylation sites is 1. The Kier molecular flexibility index (Phi) is 2.88. The standard InChI is InChI=1S/C13H15N3O2/c1-2-16-9-14-13(15-16)10-5-3-6-11-12(10)18-8-4-7-17-11/h3,5-6,9H,2,4,7-8H2,1H3. The normalized spacial score (nSPS) is 14.3. The van der Waals surface area contributed by atoms with Crippen LogP contribution in [-0.2, 0) is 6.54 Å². The highest BCUT2D eigenvalue weighted by molar-refractivity contribution is 5.68. The lowest BCUT2D eigenvalue weighted by atomic mass is 10.2. The van der Waals surface area contributed by atoms with Crippen molar-refractivity contribution in [3.8, 4) is 22.9 Å². The molecule has 0 atom stereocenters. The molecular formula is C13H15N3O2. The lowest BCUT2D eigenvalue weighted by Gasteiger charge is -2.09. The van der Waals surface area contributed by atoms with E-state index < -0.39 is 0 Å². The molecule has 5 heteroatoms. The van der Waals surface area contributed by atoms with E-state index in [0.29, 0.717) is 19.0 Å². The average molecular weight is 245 g/mol. The summed E-state index contributed by atoms with van der Waals surface area (Å²) in [5, 5.41) is 4.41. The number of rotatable bonds is 2. The molecule has 1 aromatic carbocycles. The molecule has 2 heterocycles. The first kappa shape index (κ1) is 11.1. The molecule has 1 aromatic heterocycles. The summed E-state index contributed by atoms with van der Waals surface area (Å²) >= 11 is 0. The van der Waals surface area contributed by atoms with Crippen molar-refractivity contribution in [3.05, 3.63) is 24.5 Å². The van der Waals surface area contributed by atoms with Crippen LogP contribution in [0.25, 0.3) is 11.4 Å². The van der Waals surface area contributed by atoms with Gasteiger partial charge in [0.25, 0.3) is 0 Å². The molecule has 0 bridgehead atoms. The monoisotopic (exact) mass is 245 g/mol. The van der Waals surface area contributed by atoms with Crippen molar-refractivity contribution < 1.29 is 9.47 Å². The molecule has 0 unspecified atom stereocenters. The maximum absolute atomic E-state index is 5.76. The third kappa shape index (κ3) is 1.92. The van der Waals surface area contributed by atoms with Gasteiger partial charge in [0.1, 0.15) is 6.33 Å².